The van der Waals surface area contributed by atoms with Gasteiger partial charge in [-0.05, 0) is 30.2 Å². The van der Waals surface area contributed by atoms with Crippen LogP contribution in [0, 0.1) is 5.82 Å². The third-order valence-corrected chi connectivity index (χ3v) is 2.67. The molecule has 0 aliphatic heterocycles. The third kappa shape index (κ3) is 2.77. The highest BCUT2D eigenvalue weighted by atomic mass is 19.4. The Labute approximate surface area is 107 Å². The summed E-state index contributed by atoms with van der Waals surface area (Å²) in [6.45, 7) is 3.51. The topological polar surface area (TPSA) is 17.8 Å². The molecule has 0 spiro atoms. The zero-order chi connectivity index (χ0) is 14.2. The molecule has 2 aromatic rings. The first-order valence-corrected chi connectivity index (χ1v) is 5.72. The lowest BCUT2D eigenvalue weighted by Gasteiger charge is -2.09. The standard InChI is InChI=1S/C13H12F4N2/c1-8(2)11-7-12(13(15,16)17)18-19(11)10-5-3-4-9(14)6-10/h3-8H,1-2H3. The average Bonchev–Trinajstić information content (AvgIpc) is 2.73. The monoisotopic (exact) mass is 272 g/mol. The number of hydrogen-bond donors (Lipinski definition) is 0. The molecule has 6 heteroatoms. The van der Waals surface area contributed by atoms with E-state index in [4.69, 9.17) is 0 Å². The Balaban J connectivity index is 2.59. The SMILES string of the molecule is CC(C)c1cc(C(F)(F)F)nn1-c1cccc(F)c1. The minimum Gasteiger partial charge on any atom is -0.237 e. The highest BCUT2D eigenvalue weighted by Crippen LogP contribution is 2.31. The maximum Gasteiger partial charge on any atom is 0.435 e. The first-order chi connectivity index (χ1) is 8.79. The predicted octanol–water partition coefficient (Wildman–Crippen LogP) is 4.15. The van der Waals surface area contributed by atoms with Crippen molar-refractivity contribution in [3.8, 4) is 5.69 Å². The van der Waals surface area contributed by atoms with Crippen molar-refractivity contribution in [2.75, 3.05) is 0 Å². The van der Waals surface area contributed by atoms with Gasteiger partial charge in [-0.2, -0.15) is 18.3 Å². The van der Waals surface area contributed by atoms with Gasteiger partial charge in [0.2, 0.25) is 0 Å². The molecule has 0 aliphatic rings. The van der Waals surface area contributed by atoms with Crippen molar-refractivity contribution in [2.45, 2.75) is 25.9 Å². The van der Waals surface area contributed by atoms with Crippen molar-refractivity contribution >= 4 is 0 Å². The van der Waals surface area contributed by atoms with Gasteiger partial charge in [-0.1, -0.05) is 19.9 Å². The quantitative estimate of drug-likeness (QED) is 0.751. The minimum atomic E-state index is -4.51. The molecule has 1 aromatic carbocycles. The van der Waals surface area contributed by atoms with Crippen molar-refractivity contribution in [1.82, 2.24) is 9.78 Å². The molecule has 102 valence electrons. The number of benzene rings is 1. The molecule has 1 aromatic heterocycles. The molecule has 2 rings (SSSR count). The van der Waals surface area contributed by atoms with Crippen LogP contribution in [0.15, 0.2) is 30.3 Å². The summed E-state index contributed by atoms with van der Waals surface area (Å²) in [6, 6.07) is 6.33. The van der Waals surface area contributed by atoms with Crippen molar-refractivity contribution in [1.29, 1.82) is 0 Å². The van der Waals surface area contributed by atoms with E-state index < -0.39 is 17.7 Å². The van der Waals surface area contributed by atoms with Crippen LogP contribution in [0.5, 0.6) is 0 Å². The van der Waals surface area contributed by atoms with Crippen molar-refractivity contribution in [3.63, 3.8) is 0 Å². The normalized spacial score (nSPS) is 12.2. The molecule has 0 aliphatic carbocycles. The molecule has 0 saturated heterocycles. The molecule has 0 fully saturated rings. The smallest absolute Gasteiger partial charge is 0.237 e. The number of hydrogen-bond acceptors (Lipinski definition) is 1. The lowest BCUT2D eigenvalue weighted by atomic mass is 10.1. The van der Waals surface area contributed by atoms with Crippen LogP contribution in [0.2, 0.25) is 0 Å². The van der Waals surface area contributed by atoms with Gasteiger partial charge in [-0.3, -0.25) is 0 Å². The Hall–Kier alpha value is -1.85. The van der Waals surface area contributed by atoms with E-state index in [9.17, 15) is 17.6 Å². The Morgan fingerprint density at radius 3 is 2.37 bits per heavy atom. The van der Waals surface area contributed by atoms with E-state index in [-0.39, 0.29) is 11.6 Å². The Morgan fingerprint density at radius 2 is 1.84 bits per heavy atom. The predicted molar refractivity (Wildman–Crippen MR) is 62.6 cm³/mol. The Kier molecular flexibility index (Phi) is 3.34. The van der Waals surface area contributed by atoms with E-state index in [0.717, 1.165) is 16.8 Å². The molecule has 0 bridgehead atoms. The van der Waals surface area contributed by atoms with E-state index in [1.54, 1.807) is 13.8 Å². The van der Waals surface area contributed by atoms with Crippen LogP contribution in [-0.4, -0.2) is 9.78 Å². The number of nitrogens with zero attached hydrogens (tertiary/aromatic N) is 2. The second kappa shape index (κ2) is 4.68. The van der Waals surface area contributed by atoms with Crippen LogP contribution in [-0.2, 0) is 6.18 Å². The second-order valence-electron chi connectivity index (χ2n) is 4.50. The summed E-state index contributed by atoms with van der Waals surface area (Å²) in [6.07, 6.45) is -4.51. The zero-order valence-corrected chi connectivity index (χ0v) is 10.4. The first kappa shape index (κ1) is 13.6. The van der Waals surface area contributed by atoms with Gasteiger partial charge in [0, 0.05) is 5.69 Å². The lowest BCUT2D eigenvalue weighted by molar-refractivity contribution is -0.141. The maximum atomic E-state index is 13.2. The van der Waals surface area contributed by atoms with Gasteiger partial charge in [0.25, 0.3) is 0 Å². The fourth-order valence-corrected chi connectivity index (χ4v) is 1.76. The van der Waals surface area contributed by atoms with E-state index in [1.165, 1.54) is 18.2 Å². The van der Waals surface area contributed by atoms with Gasteiger partial charge in [0.05, 0.1) is 5.69 Å². The van der Waals surface area contributed by atoms with E-state index in [1.807, 2.05) is 0 Å². The van der Waals surface area contributed by atoms with E-state index in [2.05, 4.69) is 5.10 Å². The molecular formula is C13H12F4N2. The molecule has 0 unspecified atom stereocenters. The van der Waals surface area contributed by atoms with Crippen molar-refractivity contribution < 1.29 is 17.6 Å². The number of alkyl halides is 3. The number of aromatic nitrogens is 2. The van der Waals surface area contributed by atoms with Gasteiger partial charge < -0.3 is 0 Å². The van der Waals surface area contributed by atoms with Crippen LogP contribution in [0.4, 0.5) is 17.6 Å². The molecule has 0 atom stereocenters. The zero-order valence-electron chi connectivity index (χ0n) is 10.4. The van der Waals surface area contributed by atoms with Crippen LogP contribution >= 0.6 is 0 Å². The number of halogens is 4. The molecule has 19 heavy (non-hydrogen) atoms. The van der Waals surface area contributed by atoms with Crippen LogP contribution < -0.4 is 0 Å². The first-order valence-electron chi connectivity index (χ1n) is 5.72. The highest BCUT2D eigenvalue weighted by molar-refractivity contribution is 5.35. The largest absolute Gasteiger partial charge is 0.435 e. The lowest BCUT2D eigenvalue weighted by Crippen LogP contribution is -2.08. The summed E-state index contributed by atoms with van der Waals surface area (Å²) in [7, 11) is 0. The van der Waals surface area contributed by atoms with Crippen LogP contribution in [0.1, 0.15) is 31.2 Å². The molecule has 2 nitrogen and oxygen atoms in total. The Bertz CT molecular complexity index is 585. The molecule has 1 heterocycles. The molecule has 0 amide bonds. The van der Waals surface area contributed by atoms with Gasteiger partial charge in [-0.25, -0.2) is 9.07 Å². The van der Waals surface area contributed by atoms with E-state index in [0.29, 0.717) is 5.69 Å². The van der Waals surface area contributed by atoms with Crippen LogP contribution in [0.25, 0.3) is 5.69 Å². The molecule has 0 saturated carbocycles. The van der Waals surface area contributed by atoms with Gasteiger partial charge in [0.1, 0.15) is 5.82 Å². The van der Waals surface area contributed by atoms with Crippen LogP contribution in [0.3, 0.4) is 0 Å². The van der Waals surface area contributed by atoms with Crippen molar-refractivity contribution in [3.05, 3.63) is 47.5 Å². The summed E-state index contributed by atoms with van der Waals surface area (Å²) >= 11 is 0. The summed E-state index contributed by atoms with van der Waals surface area (Å²) < 4.78 is 52.4. The summed E-state index contributed by atoms with van der Waals surface area (Å²) in [4.78, 5) is 0. The van der Waals surface area contributed by atoms with Gasteiger partial charge in [-0.15, -0.1) is 0 Å². The summed E-state index contributed by atoms with van der Waals surface area (Å²) in [5, 5.41) is 3.54. The average molecular weight is 272 g/mol. The van der Waals surface area contributed by atoms with E-state index >= 15 is 0 Å². The summed E-state index contributed by atoms with van der Waals surface area (Å²) in [5.74, 6) is -0.678. The molecular weight excluding hydrogens is 260 g/mol. The van der Waals surface area contributed by atoms with Gasteiger partial charge in [0.15, 0.2) is 5.69 Å². The second-order valence-corrected chi connectivity index (χ2v) is 4.50. The minimum absolute atomic E-state index is 0.160. The fraction of sp³-hybridized carbons (Fsp3) is 0.308. The van der Waals surface area contributed by atoms with Gasteiger partial charge >= 0.3 is 6.18 Å². The maximum absolute atomic E-state index is 13.2. The Morgan fingerprint density at radius 1 is 1.16 bits per heavy atom. The fourth-order valence-electron chi connectivity index (χ4n) is 1.76. The summed E-state index contributed by atoms with van der Waals surface area (Å²) in [5.41, 5.74) is -0.308. The highest BCUT2D eigenvalue weighted by Gasteiger charge is 2.35. The number of rotatable bonds is 2. The molecule has 0 radical (unpaired) electrons. The third-order valence-electron chi connectivity index (χ3n) is 2.67. The van der Waals surface area contributed by atoms with Crippen molar-refractivity contribution in [2.24, 2.45) is 0 Å². The molecule has 0 N–H and O–H groups in total.